The fourth-order valence-electron chi connectivity index (χ4n) is 4.41. The molecule has 6 heteroatoms. The smallest absolute Gasteiger partial charge is 0.229 e. The van der Waals surface area contributed by atoms with E-state index in [0.717, 1.165) is 56.1 Å². The zero-order valence-corrected chi connectivity index (χ0v) is 17.0. The third kappa shape index (κ3) is 4.77. The van der Waals surface area contributed by atoms with Crippen LogP contribution in [0.5, 0.6) is 5.75 Å². The number of rotatable bonds is 8. The highest BCUT2D eigenvalue weighted by Crippen LogP contribution is 2.36. The van der Waals surface area contributed by atoms with Gasteiger partial charge in [0.1, 0.15) is 5.75 Å². The van der Waals surface area contributed by atoms with E-state index in [9.17, 15) is 4.79 Å². The van der Waals surface area contributed by atoms with Gasteiger partial charge in [-0.1, -0.05) is 12.1 Å². The Morgan fingerprint density at radius 2 is 2.10 bits per heavy atom. The topological polar surface area (TPSA) is 63.7 Å². The van der Waals surface area contributed by atoms with Crippen molar-refractivity contribution in [3.05, 3.63) is 59.9 Å². The molecule has 1 N–H and O–H groups in total. The van der Waals surface area contributed by atoms with Crippen LogP contribution < -0.4 is 10.1 Å². The maximum absolute atomic E-state index is 13.3. The zero-order chi connectivity index (χ0) is 20.1. The van der Waals surface area contributed by atoms with E-state index in [1.165, 1.54) is 0 Å². The Morgan fingerprint density at radius 1 is 1.28 bits per heavy atom. The van der Waals surface area contributed by atoms with E-state index >= 15 is 0 Å². The highest BCUT2D eigenvalue weighted by molar-refractivity contribution is 5.84. The van der Waals surface area contributed by atoms with Crippen LogP contribution in [0, 0.1) is 11.3 Å². The third-order valence-electron chi connectivity index (χ3n) is 5.95. The first-order chi connectivity index (χ1) is 14.2. The molecule has 0 spiro atoms. The third-order valence-corrected chi connectivity index (χ3v) is 5.95. The molecule has 2 aromatic rings. The maximum atomic E-state index is 13.3. The van der Waals surface area contributed by atoms with Crippen molar-refractivity contribution in [2.24, 2.45) is 11.3 Å². The van der Waals surface area contributed by atoms with Crippen molar-refractivity contribution in [3.8, 4) is 5.75 Å². The number of nitrogens with zero attached hydrogens (tertiary/aromatic N) is 2. The van der Waals surface area contributed by atoms with Gasteiger partial charge in [-0.25, -0.2) is 0 Å². The lowest BCUT2D eigenvalue weighted by Crippen LogP contribution is -2.64. The first-order valence-electron chi connectivity index (χ1n) is 10.3. The van der Waals surface area contributed by atoms with Crippen LogP contribution in [0.25, 0.3) is 0 Å². The Hall–Kier alpha value is -2.44. The molecule has 0 bridgehead atoms. The second-order valence-electron chi connectivity index (χ2n) is 8.25. The van der Waals surface area contributed by atoms with Crippen molar-refractivity contribution >= 4 is 5.91 Å². The highest BCUT2D eigenvalue weighted by Gasteiger charge is 2.49. The Balaban J connectivity index is 1.44. The number of amides is 1. The Labute approximate surface area is 172 Å². The lowest BCUT2D eigenvalue weighted by molar-refractivity contribution is -0.142. The van der Waals surface area contributed by atoms with Crippen LogP contribution in [-0.2, 0) is 22.5 Å². The summed E-state index contributed by atoms with van der Waals surface area (Å²) in [5.41, 5.74) is 1.79. The number of likely N-dealkylation sites (tertiary alicyclic amines) is 1. The summed E-state index contributed by atoms with van der Waals surface area (Å²) in [7, 11) is 1.67. The molecule has 1 aromatic heterocycles. The average Bonchev–Trinajstić information content (AvgIpc) is 3.24. The summed E-state index contributed by atoms with van der Waals surface area (Å²) in [5, 5.41) is 3.16. The Kier molecular flexibility index (Phi) is 6.11. The van der Waals surface area contributed by atoms with E-state index in [-0.39, 0.29) is 5.91 Å². The van der Waals surface area contributed by atoms with E-state index in [4.69, 9.17) is 9.47 Å². The quantitative estimate of drug-likeness (QED) is 0.743. The summed E-state index contributed by atoms with van der Waals surface area (Å²) in [6, 6.07) is 11.9. The van der Waals surface area contributed by atoms with Crippen molar-refractivity contribution in [2.75, 3.05) is 40.0 Å². The van der Waals surface area contributed by atoms with Gasteiger partial charge in [0.15, 0.2) is 0 Å². The van der Waals surface area contributed by atoms with Crippen LogP contribution >= 0.6 is 0 Å². The zero-order valence-electron chi connectivity index (χ0n) is 17.0. The van der Waals surface area contributed by atoms with Gasteiger partial charge in [0, 0.05) is 45.2 Å². The minimum Gasteiger partial charge on any atom is -0.497 e. The van der Waals surface area contributed by atoms with Crippen molar-refractivity contribution in [3.63, 3.8) is 0 Å². The van der Waals surface area contributed by atoms with E-state index in [1.54, 1.807) is 19.5 Å². The number of carbonyl (C=O) groups is 1. The molecule has 0 saturated carbocycles. The second-order valence-corrected chi connectivity index (χ2v) is 8.25. The van der Waals surface area contributed by atoms with Gasteiger partial charge >= 0.3 is 0 Å². The summed E-state index contributed by atoms with van der Waals surface area (Å²) >= 11 is 0. The normalized spacial score (nSPS) is 20.8. The number of nitrogens with one attached hydrogen (secondary N) is 1. The van der Waals surface area contributed by atoms with Gasteiger partial charge in [0.05, 0.1) is 19.1 Å². The summed E-state index contributed by atoms with van der Waals surface area (Å²) in [6.45, 7) is 4.80. The molecular formula is C23H29N3O3. The number of aromatic nitrogens is 1. The van der Waals surface area contributed by atoms with Crippen LogP contribution in [0.4, 0.5) is 0 Å². The molecule has 1 aromatic carbocycles. The van der Waals surface area contributed by atoms with Gasteiger partial charge in [-0.05, 0) is 54.2 Å². The van der Waals surface area contributed by atoms with Gasteiger partial charge < -0.3 is 19.7 Å². The largest absolute Gasteiger partial charge is 0.497 e. The molecule has 1 atom stereocenters. The SMILES string of the molecule is COc1cccc(CC2(C(=O)NCc3ccncc3)CN(CC3CCOC3)C2)c1. The van der Waals surface area contributed by atoms with Crippen LogP contribution in [-0.4, -0.2) is 55.7 Å². The van der Waals surface area contributed by atoms with Crippen molar-refractivity contribution < 1.29 is 14.3 Å². The summed E-state index contributed by atoms with van der Waals surface area (Å²) in [4.78, 5) is 19.7. The van der Waals surface area contributed by atoms with E-state index in [0.29, 0.717) is 18.9 Å². The fraction of sp³-hybridized carbons (Fsp3) is 0.478. The second kappa shape index (κ2) is 8.93. The fourth-order valence-corrected chi connectivity index (χ4v) is 4.41. The van der Waals surface area contributed by atoms with Gasteiger partial charge in [-0.15, -0.1) is 0 Å². The molecule has 2 aliphatic rings. The Bertz CT molecular complexity index is 815. The molecule has 154 valence electrons. The molecule has 1 amide bonds. The van der Waals surface area contributed by atoms with Gasteiger partial charge in [-0.3, -0.25) is 9.78 Å². The molecular weight excluding hydrogens is 366 g/mol. The van der Waals surface area contributed by atoms with E-state index in [1.807, 2.05) is 30.3 Å². The molecule has 2 saturated heterocycles. The van der Waals surface area contributed by atoms with Gasteiger partial charge in [0.2, 0.25) is 5.91 Å². The number of methoxy groups -OCH3 is 1. The minimum atomic E-state index is -0.404. The van der Waals surface area contributed by atoms with Crippen LogP contribution in [0.3, 0.4) is 0 Å². The molecule has 2 fully saturated rings. The van der Waals surface area contributed by atoms with Gasteiger partial charge in [-0.2, -0.15) is 0 Å². The molecule has 29 heavy (non-hydrogen) atoms. The molecule has 0 aliphatic carbocycles. The first kappa shape index (κ1) is 19.9. The number of ether oxygens (including phenoxy) is 2. The molecule has 4 rings (SSSR count). The minimum absolute atomic E-state index is 0.121. The molecule has 3 heterocycles. The monoisotopic (exact) mass is 395 g/mol. The number of pyridine rings is 1. The molecule has 1 unspecified atom stereocenters. The molecule has 0 radical (unpaired) electrons. The van der Waals surface area contributed by atoms with Crippen molar-refractivity contribution in [1.29, 1.82) is 0 Å². The first-order valence-corrected chi connectivity index (χ1v) is 10.3. The predicted octanol–water partition coefficient (Wildman–Crippen LogP) is 2.29. The summed E-state index contributed by atoms with van der Waals surface area (Å²) < 4.78 is 10.9. The number of hydrogen-bond acceptors (Lipinski definition) is 5. The lowest BCUT2D eigenvalue weighted by atomic mass is 9.73. The molecule has 2 aliphatic heterocycles. The van der Waals surface area contributed by atoms with Crippen molar-refractivity contribution in [1.82, 2.24) is 15.2 Å². The summed E-state index contributed by atoms with van der Waals surface area (Å²) in [5.74, 6) is 1.54. The lowest BCUT2D eigenvalue weighted by Gasteiger charge is -2.50. The maximum Gasteiger partial charge on any atom is 0.229 e. The standard InChI is InChI=1S/C23H29N3O3/c1-28-21-4-2-3-19(11-21)12-23(16-26(17-23)14-20-7-10-29-15-20)22(27)25-13-18-5-8-24-9-6-18/h2-6,8-9,11,20H,7,10,12-17H2,1H3,(H,25,27). The van der Waals surface area contributed by atoms with Gasteiger partial charge in [0.25, 0.3) is 0 Å². The van der Waals surface area contributed by atoms with Crippen molar-refractivity contribution in [2.45, 2.75) is 19.4 Å². The summed E-state index contributed by atoms with van der Waals surface area (Å²) in [6.07, 6.45) is 5.34. The predicted molar refractivity (Wildman–Crippen MR) is 111 cm³/mol. The number of carbonyl (C=O) groups excluding carboxylic acids is 1. The van der Waals surface area contributed by atoms with E-state index in [2.05, 4.69) is 21.3 Å². The average molecular weight is 396 g/mol. The van der Waals surface area contributed by atoms with Crippen LogP contribution in [0.15, 0.2) is 48.8 Å². The molecule has 6 nitrogen and oxygen atoms in total. The van der Waals surface area contributed by atoms with E-state index < -0.39 is 5.41 Å². The van der Waals surface area contributed by atoms with Crippen LogP contribution in [0.1, 0.15) is 17.5 Å². The number of benzene rings is 1. The van der Waals surface area contributed by atoms with Crippen LogP contribution in [0.2, 0.25) is 0 Å². The Morgan fingerprint density at radius 3 is 2.83 bits per heavy atom. The number of hydrogen-bond donors (Lipinski definition) is 1. The highest BCUT2D eigenvalue weighted by atomic mass is 16.5.